The molecule has 146 valence electrons. The highest BCUT2D eigenvalue weighted by atomic mass is 32.2. The van der Waals surface area contributed by atoms with Gasteiger partial charge in [0.25, 0.3) is 0 Å². The van der Waals surface area contributed by atoms with Gasteiger partial charge in [-0.15, -0.1) is 11.8 Å². The number of thioether (sulfide) groups is 1. The molecule has 1 heterocycles. The van der Waals surface area contributed by atoms with Crippen LogP contribution < -0.4 is 0 Å². The molecule has 2 aromatic rings. The topological polar surface area (TPSA) is 40.5 Å². The predicted octanol–water partition coefficient (Wildman–Crippen LogP) is 4.90. The largest absolute Gasteiger partial charge is 0.478 e. The maximum absolute atomic E-state index is 13.0. The molecule has 0 spiro atoms. The Kier molecular flexibility index (Phi) is 7.31. The minimum Gasteiger partial charge on any atom is -0.478 e. The molecule has 0 aromatic heterocycles. The molecule has 0 aliphatic carbocycles. The Morgan fingerprint density at radius 1 is 1.04 bits per heavy atom. The summed E-state index contributed by atoms with van der Waals surface area (Å²) in [5, 5.41) is 9.40. The Labute approximate surface area is 169 Å². The van der Waals surface area contributed by atoms with Crippen LogP contribution in [0.2, 0.25) is 0 Å². The molecular formula is C23H24FNO2S. The van der Waals surface area contributed by atoms with Crippen molar-refractivity contribution in [1.29, 1.82) is 0 Å². The van der Waals surface area contributed by atoms with E-state index in [1.54, 1.807) is 30.0 Å². The summed E-state index contributed by atoms with van der Waals surface area (Å²) in [6.45, 7) is 0.765. The summed E-state index contributed by atoms with van der Waals surface area (Å²) in [5.41, 5.74) is 2.75. The van der Waals surface area contributed by atoms with Crippen LogP contribution in [0, 0.1) is 5.82 Å². The van der Waals surface area contributed by atoms with E-state index in [0.29, 0.717) is 5.57 Å². The average Bonchev–Trinajstić information content (AvgIpc) is 2.72. The molecule has 1 unspecified atom stereocenters. The molecule has 0 saturated heterocycles. The lowest BCUT2D eigenvalue weighted by Gasteiger charge is -2.33. The van der Waals surface area contributed by atoms with Gasteiger partial charge in [0.2, 0.25) is 0 Å². The zero-order valence-corrected chi connectivity index (χ0v) is 16.4. The normalized spacial score (nSPS) is 16.1. The van der Waals surface area contributed by atoms with Crippen molar-refractivity contribution in [3.05, 3.63) is 95.5 Å². The van der Waals surface area contributed by atoms with Crippen molar-refractivity contribution in [2.24, 2.45) is 0 Å². The van der Waals surface area contributed by atoms with Crippen LogP contribution in [0.25, 0.3) is 0 Å². The molecule has 0 bridgehead atoms. The third-order valence-electron chi connectivity index (χ3n) is 4.67. The van der Waals surface area contributed by atoms with Crippen LogP contribution in [-0.2, 0) is 17.6 Å². The van der Waals surface area contributed by atoms with E-state index in [2.05, 4.69) is 17.0 Å². The predicted molar refractivity (Wildman–Crippen MR) is 113 cm³/mol. The number of aliphatic carboxylic acids is 1. The molecule has 0 saturated carbocycles. The van der Waals surface area contributed by atoms with E-state index in [1.165, 1.54) is 17.7 Å². The van der Waals surface area contributed by atoms with Crippen molar-refractivity contribution in [3.63, 3.8) is 0 Å². The SMILES string of the molecule is O=C(O)C1=CC=CN(CCc2ccccc2)C1SCCCc1ccc(F)cc1. The monoisotopic (exact) mass is 397 g/mol. The molecule has 2 aromatic carbocycles. The summed E-state index contributed by atoms with van der Waals surface area (Å²) in [4.78, 5) is 13.8. The maximum Gasteiger partial charge on any atom is 0.334 e. The van der Waals surface area contributed by atoms with Crippen molar-refractivity contribution in [2.75, 3.05) is 12.3 Å². The van der Waals surface area contributed by atoms with Gasteiger partial charge in [-0.3, -0.25) is 0 Å². The number of nitrogens with zero attached hydrogens (tertiary/aromatic N) is 1. The standard InChI is InChI=1S/C23H24FNO2S/c24-20-12-10-19(11-13-20)8-5-17-28-22-21(23(26)27)9-4-15-25(22)16-14-18-6-2-1-3-7-18/h1-4,6-7,9-13,15,22H,5,8,14,16-17H2,(H,26,27). The first-order valence-corrected chi connectivity index (χ1v) is 10.5. The van der Waals surface area contributed by atoms with Gasteiger partial charge in [-0.25, -0.2) is 9.18 Å². The second-order valence-corrected chi connectivity index (χ2v) is 7.88. The quantitative estimate of drug-likeness (QED) is 0.611. The van der Waals surface area contributed by atoms with Gasteiger partial charge in [0.1, 0.15) is 11.2 Å². The van der Waals surface area contributed by atoms with E-state index < -0.39 is 5.97 Å². The van der Waals surface area contributed by atoms with Gasteiger partial charge in [-0.2, -0.15) is 0 Å². The lowest BCUT2D eigenvalue weighted by Crippen LogP contribution is -2.36. The van der Waals surface area contributed by atoms with E-state index >= 15 is 0 Å². The zero-order chi connectivity index (χ0) is 19.8. The van der Waals surface area contributed by atoms with Gasteiger partial charge in [0, 0.05) is 12.7 Å². The fourth-order valence-corrected chi connectivity index (χ4v) is 4.44. The maximum atomic E-state index is 13.0. The van der Waals surface area contributed by atoms with Crippen LogP contribution in [0.15, 0.2) is 78.5 Å². The van der Waals surface area contributed by atoms with Crippen molar-refractivity contribution in [3.8, 4) is 0 Å². The fourth-order valence-electron chi connectivity index (χ4n) is 3.18. The van der Waals surface area contributed by atoms with Crippen molar-refractivity contribution >= 4 is 17.7 Å². The molecule has 1 atom stereocenters. The van der Waals surface area contributed by atoms with E-state index in [0.717, 1.165) is 37.1 Å². The first-order valence-electron chi connectivity index (χ1n) is 9.41. The molecule has 1 aliphatic rings. The molecule has 0 fully saturated rings. The van der Waals surface area contributed by atoms with Crippen molar-refractivity contribution in [2.45, 2.75) is 24.6 Å². The first-order chi connectivity index (χ1) is 13.6. The van der Waals surface area contributed by atoms with Gasteiger partial charge in [0.15, 0.2) is 0 Å². The number of hydrogen-bond acceptors (Lipinski definition) is 3. The van der Waals surface area contributed by atoms with Crippen molar-refractivity contribution in [1.82, 2.24) is 4.90 Å². The Balaban J connectivity index is 1.56. The van der Waals surface area contributed by atoms with Gasteiger partial charge in [0.05, 0.1) is 5.57 Å². The molecule has 3 rings (SSSR count). The summed E-state index contributed by atoms with van der Waals surface area (Å²) in [6.07, 6.45) is 8.11. The summed E-state index contributed by atoms with van der Waals surface area (Å²) < 4.78 is 13.0. The Hall–Kier alpha value is -2.53. The van der Waals surface area contributed by atoms with E-state index in [1.807, 2.05) is 30.5 Å². The lowest BCUT2D eigenvalue weighted by atomic mass is 10.1. The van der Waals surface area contributed by atoms with Gasteiger partial charge < -0.3 is 10.0 Å². The molecule has 28 heavy (non-hydrogen) atoms. The molecule has 3 nitrogen and oxygen atoms in total. The summed E-state index contributed by atoms with van der Waals surface area (Å²) in [7, 11) is 0. The van der Waals surface area contributed by atoms with E-state index in [-0.39, 0.29) is 11.2 Å². The van der Waals surface area contributed by atoms with Crippen molar-refractivity contribution < 1.29 is 14.3 Å². The number of hydrogen-bond donors (Lipinski definition) is 1. The third-order valence-corrected chi connectivity index (χ3v) is 6.03. The zero-order valence-electron chi connectivity index (χ0n) is 15.6. The van der Waals surface area contributed by atoms with Crippen LogP contribution >= 0.6 is 11.8 Å². The van der Waals surface area contributed by atoms with Gasteiger partial charge >= 0.3 is 5.97 Å². The van der Waals surface area contributed by atoms with Crippen LogP contribution in [0.5, 0.6) is 0 Å². The van der Waals surface area contributed by atoms with Crippen LogP contribution in [0.1, 0.15) is 17.5 Å². The van der Waals surface area contributed by atoms with E-state index in [9.17, 15) is 14.3 Å². The van der Waals surface area contributed by atoms with Crippen LogP contribution in [0.4, 0.5) is 4.39 Å². The summed E-state index contributed by atoms with van der Waals surface area (Å²) >= 11 is 1.65. The highest BCUT2D eigenvalue weighted by Crippen LogP contribution is 2.28. The number of carboxylic acids is 1. The Bertz CT molecular complexity index is 833. The number of allylic oxidation sites excluding steroid dienone is 2. The number of aryl methyl sites for hydroxylation is 1. The second-order valence-electron chi connectivity index (χ2n) is 6.70. The number of carboxylic acid groups (broad SMARTS) is 1. The van der Waals surface area contributed by atoms with Crippen LogP contribution in [-0.4, -0.2) is 33.6 Å². The third kappa shape index (κ3) is 5.73. The highest BCUT2D eigenvalue weighted by molar-refractivity contribution is 8.00. The number of rotatable bonds is 9. The van der Waals surface area contributed by atoms with E-state index in [4.69, 9.17) is 0 Å². The lowest BCUT2D eigenvalue weighted by molar-refractivity contribution is -0.133. The first kappa shape index (κ1) is 20.2. The Morgan fingerprint density at radius 2 is 1.75 bits per heavy atom. The smallest absolute Gasteiger partial charge is 0.334 e. The number of halogens is 1. The highest BCUT2D eigenvalue weighted by Gasteiger charge is 2.27. The Morgan fingerprint density at radius 3 is 2.46 bits per heavy atom. The molecule has 1 N–H and O–H groups in total. The second kappa shape index (κ2) is 10.1. The minimum absolute atomic E-state index is 0.195. The van der Waals surface area contributed by atoms with Gasteiger partial charge in [-0.1, -0.05) is 42.5 Å². The van der Waals surface area contributed by atoms with Crippen LogP contribution in [0.3, 0.4) is 0 Å². The molecule has 5 heteroatoms. The average molecular weight is 398 g/mol. The number of carbonyl (C=O) groups is 1. The summed E-state index contributed by atoms with van der Waals surface area (Å²) in [5.74, 6) is -0.259. The minimum atomic E-state index is -0.870. The molecule has 0 radical (unpaired) electrons. The molecule has 0 amide bonds. The fraction of sp³-hybridized carbons (Fsp3) is 0.261. The number of benzene rings is 2. The summed E-state index contributed by atoms with van der Waals surface area (Å²) in [6, 6.07) is 16.8. The molecule has 1 aliphatic heterocycles. The van der Waals surface area contributed by atoms with Gasteiger partial charge in [-0.05, 0) is 60.4 Å². The molecular weight excluding hydrogens is 373 g/mol.